The van der Waals surface area contributed by atoms with Crippen molar-refractivity contribution in [2.75, 3.05) is 12.3 Å². The molecule has 7 N–H and O–H groups in total. The summed E-state index contributed by atoms with van der Waals surface area (Å²) in [6, 6.07) is 1.22. The van der Waals surface area contributed by atoms with Crippen molar-refractivity contribution in [1.29, 1.82) is 0 Å². The largest absolute Gasteiger partial charge is 0.412 e. The average Bonchev–Trinajstić information content (AvgIpc) is 2.79. The predicted octanol–water partition coefficient (Wildman–Crippen LogP) is -1.26. The third-order valence-corrected chi connectivity index (χ3v) is 5.74. The number of aliphatic hydroxyl groups is 1. The minimum absolute atomic E-state index is 0.00936. The summed E-state index contributed by atoms with van der Waals surface area (Å²) in [6.45, 7) is -0.854. The van der Waals surface area contributed by atoms with E-state index in [-0.39, 0.29) is 12.1 Å². The van der Waals surface area contributed by atoms with Gasteiger partial charge in [0.05, 0.1) is 12.9 Å². The molecule has 0 radical (unpaired) electrons. The van der Waals surface area contributed by atoms with Gasteiger partial charge < -0.3 is 30.3 Å². The Hall–Kier alpha value is -1.47. The van der Waals surface area contributed by atoms with Gasteiger partial charge in [0.15, 0.2) is 6.23 Å². The van der Waals surface area contributed by atoms with Crippen molar-refractivity contribution in [3.63, 3.8) is 0 Å². The van der Waals surface area contributed by atoms with E-state index in [9.17, 15) is 28.3 Å². The van der Waals surface area contributed by atoms with Gasteiger partial charge in [-0.2, -0.15) is 4.98 Å². The molecular weight excluding hydrogens is 401 g/mol. The number of hydrogen-bond donors (Lipinski definition) is 6. The fourth-order valence-corrected chi connectivity index (χ4v) is 4.02. The number of ether oxygens (including phenoxy) is 1. The Balaban J connectivity index is 2.16. The summed E-state index contributed by atoms with van der Waals surface area (Å²) in [4.78, 5) is 42.8. The van der Waals surface area contributed by atoms with Crippen molar-refractivity contribution in [2.24, 2.45) is 0 Å². The van der Waals surface area contributed by atoms with Crippen molar-refractivity contribution < 1.29 is 42.6 Å². The molecule has 1 aromatic rings. The lowest BCUT2D eigenvalue weighted by molar-refractivity contribution is -0.0413. The fraction of sp³-hybridized carbons (Fsp3) is 0.400. The first-order valence-corrected chi connectivity index (χ1v) is 9.93. The number of halogens is 1. The van der Waals surface area contributed by atoms with Gasteiger partial charge in [-0.3, -0.25) is 9.09 Å². The van der Waals surface area contributed by atoms with Crippen LogP contribution in [0, 0.1) is 0 Å². The highest BCUT2D eigenvalue weighted by Crippen LogP contribution is 2.49. The number of nitrogens with one attached hydrogen (secondary N) is 1. The van der Waals surface area contributed by atoms with Gasteiger partial charge in [0.2, 0.25) is 0 Å². The van der Waals surface area contributed by atoms with Crippen LogP contribution in [0.3, 0.4) is 0 Å². The van der Waals surface area contributed by atoms with Crippen LogP contribution in [-0.2, 0) is 18.4 Å². The molecule has 16 heteroatoms. The van der Waals surface area contributed by atoms with E-state index in [0.29, 0.717) is 0 Å². The third-order valence-electron chi connectivity index (χ3n) is 3.18. The van der Waals surface area contributed by atoms with E-state index in [1.54, 1.807) is 0 Å². The SMILES string of the molecule is Nc1ccn([C@@H]2O[C@H](COP(=O)(O)NP(=O)(O)O)[C@H](O)C2=CF)c(=O)n1. The van der Waals surface area contributed by atoms with Gasteiger partial charge in [0, 0.05) is 11.8 Å². The van der Waals surface area contributed by atoms with Crippen molar-refractivity contribution in [2.45, 2.75) is 18.4 Å². The molecule has 1 fully saturated rings. The van der Waals surface area contributed by atoms with E-state index in [1.807, 2.05) is 0 Å². The predicted molar refractivity (Wildman–Crippen MR) is 83.0 cm³/mol. The smallest absolute Gasteiger partial charge is 0.386 e. The van der Waals surface area contributed by atoms with Gasteiger partial charge in [0.1, 0.15) is 18.0 Å². The van der Waals surface area contributed by atoms with Gasteiger partial charge in [-0.25, -0.2) is 18.3 Å². The molecule has 1 unspecified atom stereocenters. The molecule has 2 rings (SSSR count). The Labute approximate surface area is 144 Å². The van der Waals surface area contributed by atoms with Gasteiger partial charge >= 0.3 is 21.2 Å². The summed E-state index contributed by atoms with van der Waals surface area (Å²) in [7, 11) is -10.0. The fourth-order valence-electron chi connectivity index (χ4n) is 2.13. The summed E-state index contributed by atoms with van der Waals surface area (Å²) in [5, 5.41) is 10.0. The lowest BCUT2D eigenvalue weighted by atomic mass is 10.1. The Morgan fingerprint density at radius 1 is 1.46 bits per heavy atom. The summed E-state index contributed by atoms with van der Waals surface area (Å²) in [6.07, 6.45) is -3.40. The molecule has 1 aliphatic heterocycles. The zero-order valence-electron chi connectivity index (χ0n) is 12.7. The summed E-state index contributed by atoms with van der Waals surface area (Å²) in [5.41, 5.74) is 4.04. The van der Waals surface area contributed by atoms with Crippen LogP contribution in [0.5, 0.6) is 0 Å². The maximum atomic E-state index is 13.1. The average molecular weight is 416 g/mol. The lowest BCUT2D eigenvalue weighted by Crippen LogP contribution is -2.28. The highest BCUT2D eigenvalue weighted by Gasteiger charge is 2.42. The van der Waals surface area contributed by atoms with Crippen molar-refractivity contribution in [3.05, 3.63) is 34.7 Å². The van der Waals surface area contributed by atoms with Crippen LogP contribution in [0.1, 0.15) is 6.23 Å². The topological polar surface area (TPSA) is 206 Å². The Bertz CT molecular complexity index is 855. The van der Waals surface area contributed by atoms with Crippen LogP contribution < -0.4 is 16.3 Å². The monoisotopic (exact) mass is 416 g/mol. The van der Waals surface area contributed by atoms with E-state index >= 15 is 0 Å². The van der Waals surface area contributed by atoms with E-state index in [0.717, 1.165) is 15.6 Å². The van der Waals surface area contributed by atoms with E-state index < -0.39 is 51.8 Å². The second-order valence-electron chi connectivity index (χ2n) is 5.08. The first kappa shape index (κ1) is 20.8. The molecule has 26 heavy (non-hydrogen) atoms. The second-order valence-corrected chi connectivity index (χ2v) is 8.27. The molecule has 0 spiro atoms. The maximum Gasteiger partial charge on any atom is 0.412 e. The van der Waals surface area contributed by atoms with E-state index in [2.05, 4.69) is 9.51 Å². The van der Waals surface area contributed by atoms with Gasteiger partial charge in [-0.05, 0) is 6.07 Å². The van der Waals surface area contributed by atoms with Crippen molar-refractivity contribution in [3.8, 4) is 0 Å². The van der Waals surface area contributed by atoms with Gasteiger partial charge in [-0.15, -0.1) is 4.86 Å². The highest BCUT2D eigenvalue weighted by molar-refractivity contribution is 7.66. The molecular formula is C10H15FN4O9P2. The molecule has 2 heterocycles. The Kier molecular flexibility index (Phi) is 6.13. The van der Waals surface area contributed by atoms with Crippen LogP contribution >= 0.6 is 15.5 Å². The van der Waals surface area contributed by atoms with Crippen molar-refractivity contribution >= 4 is 21.3 Å². The quantitative estimate of drug-likeness (QED) is 0.300. The number of aliphatic hydroxyl groups excluding tert-OH is 1. The van der Waals surface area contributed by atoms with Crippen LogP contribution in [0.25, 0.3) is 0 Å². The molecule has 0 aromatic carbocycles. The number of hydrogen-bond acceptors (Lipinski definition) is 8. The maximum absolute atomic E-state index is 13.1. The van der Waals surface area contributed by atoms with Crippen LogP contribution in [0.2, 0.25) is 0 Å². The normalized spacial score (nSPS) is 27.6. The number of rotatable bonds is 6. The van der Waals surface area contributed by atoms with Crippen LogP contribution in [0.15, 0.2) is 29.0 Å². The molecule has 0 saturated carbocycles. The Morgan fingerprint density at radius 3 is 2.65 bits per heavy atom. The van der Waals surface area contributed by atoms with E-state index in [1.165, 1.54) is 6.07 Å². The highest BCUT2D eigenvalue weighted by atomic mass is 31.3. The minimum Gasteiger partial charge on any atom is -0.386 e. The Morgan fingerprint density at radius 2 is 2.12 bits per heavy atom. The molecule has 1 aromatic heterocycles. The molecule has 1 aliphatic rings. The van der Waals surface area contributed by atoms with Crippen LogP contribution in [-0.4, -0.2) is 48.2 Å². The molecule has 0 bridgehead atoms. The molecule has 13 nitrogen and oxygen atoms in total. The van der Waals surface area contributed by atoms with Gasteiger partial charge in [-0.1, -0.05) is 0 Å². The number of nitrogens with two attached hydrogens (primary N) is 1. The van der Waals surface area contributed by atoms with Gasteiger partial charge in [0.25, 0.3) is 0 Å². The molecule has 1 saturated heterocycles. The second kappa shape index (κ2) is 7.64. The van der Waals surface area contributed by atoms with Crippen LogP contribution in [0.4, 0.5) is 10.2 Å². The zero-order chi connectivity index (χ0) is 19.7. The summed E-state index contributed by atoms with van der Waals surface area (Å²) < 4.78 is 45.8. The number of anilines is 1. The third kappa shape index (κ3) is 5.04. The number of aromatic nitrogens is 2. The lowest BCUT2D eigenvalue weighted by Gasteiger charge is -2.18. The molecule has 4 atom stereocenters. The summed E-state index contributed by atoms with van der Waals surface area (Å²) >= 11 is 0. The first-order chi connectivity index (χ1) is 11.9. The molecule has 146 valence electrons. The standard InChI is InChI=1S/C10H15FN4O9P2/c11-3-5-8(16)6(4-23-26(21,22)14-25(18,19)20)24-9(5)15-2-1-7(12)13-10(15)17/h1-3,6,8-9,16H,4H2,(H2,12,13,17)(H4,14,18,19,20,21,22)/t6-,8-,9-/m1/s1. The first-order valence-electron chi connectivity index (χ1n) is 6.74. The minimum atomic E-state index is -5.08. The van der Waals surface area contributed by atoms with Crippen molar-refractivity contribution in [1.82, 2.24) is 14.4 Å². The number of nitrogen functional groups attached to an aromatic ring is 1. The zero-order valence-corrected chi connectivity index (χ0v) is 14.5. The molecule has 0 aliphatic carbocycles. The number of nitrogens with zero attached hydrogens (tertiary/aromatic N) is 2. The van der Waals surface area contributed by atoms with E-state index in [4.69, 9.17) is 20.3 Å². The molecule has 0 amide bonds. The summed E-state index contributed by atoms with van der Waals surface area (Å²) in [5.74, 6) is -0.0970.